The van der Waals surface area contributed by atoms with Crippen molar-refractivity contribution in [2.24, 2.45) is 0 Å². The van der Waals surface area contributed by atoms with Gasteiger partial charge in [-0.25, -0.2) is 13.2 Å². The predicted molar refractivity (Wildman–Crippen MR) is 98.4 cm³/mol. The average Bonchev–Trinajstić information content (AvgIpc) is 3.22. The Labute approximate surface area is 156 Å². The number of hydrogen-bond acceptors (Lipinski definition) is 6. The highest BCUT2D eigenvalue weighted by Crippen LogP contribution is 2.34. The lowest BCUT2D eigenvalue weighted by atomic mass is 10.3. The van der Waals surface area contributed by atoms with Crippen molar-refractivity contribution < 1.29 is 17.7 Å². The number of nitrogens with one attached hydrogen (secondary N) is 1. The minimum atomic E-state index is -4.17. The van der Waals surface area contributed by atoms with E-state index in [2.05, 4.69) is 26.4 Å². The Morgan fingerprint density at radius 3 is 2.56 bits per heavy atom. The number of benzene rings is 1. The first-order valence-corrected chi connectivity index (χ1v) is 10.1. The number of carbonyl (C=O) groups is 1. The fourth-order valence-electron chi connectivity index (χ4n) is 1.98. The van der Waals surface area contributed by atoms with Gasteiger partial charge in [0.25, 0.3) is 15.9 Å². The number of aromatic nitrogens is 1. The van der Waals surface area contributed by atoms with Crippen LogP contribution in [0.1, 0.15) is 5.69 Å². The molecule has 0 spiro atoms. The Morgan fingerprint density at radius 1 is 1.28 bits per heavy atom. The second-order valence-electron chi connectivity index (χ2n) is 4.91. The van der Waals surface area contributed by atoms with Gasteiger partial charge in [-0.15, -0.1) is 4.31 Å². The topological polar surface area (TPSA) is 92.5 Å². The number of para-hydroxylation sites is 1. The lowest BCUT2D eigenvalue weighted by molar-refractivity contribution is 0.258. The molecule has 0 bridgehead atoms. The van der Waals surface area contributed by atoms with Gasteiger partial charge in [0.15, 0.2) is 0 Å². The van der Waals surface area contributed by atoms with E-state index in [4.69, 9.17) is 4.52 Å². The molecule has 0 saturated heterocycles. The third kappa shape index (κ3) is 3.46. The number of anilines is 2. The molecule has 0 radical (unpaired) electrons. The van der Waals surface area contributed by atoms with Crippen molar-refractivity contribution in [3.8, 4) is 0 Å². The summed E-state index contributed by atoms with van der Waals surface area (Å²) in [6.07, 6.45) is 0. The Balaban J connectivity index is 2.06. The van der Waals surface area contributed by atoms with Crippen LogP contribution < -0.4 is 9.62 Å². The molecule has 1 aromatic carbocycles. The van der Waals surface area contributed by atoms with Gasteiger partial charge in [0, 0.05) is 11.1 Å². The maximum atomic E-state index is 13.0. The molecule has 0 aliphatic rings. The molecule has 2 heterocycles. The molecule has 0 aliphatic heterocycles. The average molecular weight is 442 g/mol. The van der Waals surface area contributed by atoms with Crippen LogP contribution in [-0.4, -0.2) is 19.6 Å². The normalized spacial score (nSPS) is 11.3. The maximum absolute atomic E-state index is 13.0. The Morgan fingerprint density at radius 2 is 2.00 bits per heavy atom. The van der Waals surface area contributed by atoms with Gasteiger partial charge in [-0.3, -0.25) is 0 Å². The monoisotopic (exact) mass is 441 g/mol. The molecule has 1 N–H and O–H groups in total. The minimum Gasteiger partial charge on any atom is -0.336 e. The highest BCUT2D eigenvalue weighted by Gasteiger charge is 2.36. The van der Waals surface area contributed by atoms with E-state index in [9.17, 15) is 13.2 Å². The molecule has 0 aliphatic carbocycles. The molecule has 2 amide bonds. The Hall–Kier alpha value is -2.17. The summed E-state index contributed by atoms with van der Waals surface area (Å²) in [5, 5.41) is 9.32. The van der Waals surface area contributed by atoms with Crippen LogP contribution in [0.25, 0.3) is 0 Å². The van der Waals surface area contributed by atoms with Gasteiger partial charge in [-0.1, -0.05) is 23.4 Å². The summed E-state index contributed by atoms with van der Waals surface area (Å²) < 4.78 is 31.8. The highest BCUT2D eigenvalue weighted by molar-refractivity contribution is 9.10. The van der Waals surface area contributed by atoms with Gasteiger partial charge in [0.05, 0.1) is 10.6 Å². The van der Waals surface area contributed by atoms with Crippen molar-refractivity contribution in [3.05, 3.63) is 57.3 Å². The summed E-state index contributed by atoms with van der Waals surface area (Å²) in [6, 6.07) is 9.06. The Kier molecular flexibility index (Phi) is 4.93. The zero-order valence-electron chi connectivity index (χ0n) is 12.8. The molecule has 130 valence electrons. The molecule has 2 aromatic heterocycles. The number of carbonyl (C=O) groups excluding carboxylic acids is 1. The van der Waals surface area contributed by atoms with E-state index in [0.717, 1.165) is 0 Å². The number of amides is 2. The minimum absolute atomic E-state index is 0.0123. The number of urea groups is 1. The quantitative estimate of drug-likeness (QED) is 0.653. The zero-order chi connectivity index (χ0) is 18.0. The smallest absolute Gasteiger partial charge is 0.336 e. The number of thiophene rings is 1. The van der Waals surface area contributed by atoms with Gasteiger partial charge in [-0.2, -0.15) is 11.3 Å². The third-order valence-corrected chi connectivity index (χ3v) is 6.61. The maximum Gasteiger partial charge on any atom is 0.343 e. The number of aryl methyl sites for hydroxylation is 1. The van der Waals surface area contributed by atoms with E-state index in [1.807, 2.05) is 0 Å². The fraction of sp³-hybridized carbons (Fsp3) is 0.0667. The van der Waals surface area contributed by atoms with Crippen LogP contribution in [0.4, 0.5) is 16.4 Å². The summed E-state index contributed by atoms with van der Waals surface area (Å²) in [7, 11) is -4.17. The first kappa shape index (κ1) is 17.6. The van der Waals surface area contributed by atoms with E-state index in [1.165, 1.54) is 22.8 Å². The summed E-state index contributed by atoms with van der Waals surface area (Å²) >= 11 is 4.43. The first-order chi connectivity index (χ1) is 11.9. The van der Waals surface area contributed by atoms with Gasteiger partial charge in [0.2, 0.25) is 0 Å². The number of hydrogen-bond donors (Lipinski definition) is 1. The van der Waals surface area contributed by atoms with Crippen molar-refractivity contribution in [1.29, 1.82) is 0 Å². The SMILES string of the molecule is Cc1noc(N(C(=O)Nc2ccccc2)S(=O)(=O)c2ccsc2)c1Br. The Bertz CT molecular complexity index is 985. The molecular formula is C15H12BrN3O4S2. The van der Waals surface area contributed by atoms with Crippen LogP contribution in [0, 0.1) is 6.92 Å². The number of sulfonamides is 1. The van der Waals surface area contributed by atoms with E-state index in [1.54, 1.807) is 42.6 Å². The first-order valence-electron chi connectivity index (χ1n) is 6.96. The summed E-state index contributed by atoms with van der Waals surface area (Å²) in [6.45, 7) is 1.63. The van der Waals surface area contributed by atoms with Crippen LogP contribution in [0.3, 0.4) is 0 Å². The lowest BCUT2D eigenvalue weighted by Gasteiger charge is -2.19. The molecule has 0 fully saturated rings. The zero-order valence-corrected chi connectivity index (χ0v) is 16.1. The van der Waals surface area contributed by atoms with E-state index in [0.29, 0.717) is 15.7 Å². The van der Waals surface area contributed by atoms with Crippen LogP contribution in [0.2, 0.25) is 0 Å². The summed E-state index contributed by atoms with van der Waals surface area (Å²) in [5.41, 5.74) is 0.874. The van der Waals surface area contributed by atoms with E-state index in [-0.39, 0.29) is 15.3 Å². The molecule has 3 rings (SSSR count). The molecular weight excluding hydrogens is 430 g/mol. The molecule has 3 aromatic rings. The standard InChI is InChI=1S/C15H12BrN3O4S2/c1-10-13(16)14(23-18-10)19(25(21,22)12-7-8-24-9-12)15(20)17-11-5-3-2-4-6-11/h2-9H,1H3,(H,17,20). The van der Waals surface area contributed by atoms with E-state index >= 15 is 0 Å². The third-order valence-electron chi connectivity index (χ3n) is 3.20. The lowest BCUT2D eigenvalue weighted by Crippen LogP contribution is -2.40. The summed E-state index contributed by atoms with van der Waals surface area (Å²) in [4.78, 5) is 12.7. The molecule has 0 atom stereocenters. The van der Waals surface area contributed by atoms with Crippen molar-refractivity contribution in [1.82, 2.24) is 5.16 Å². The number of halogens is 1. The van der Waals surface area contributed by atoms with Crippen LogP contribution in [-0.2, 0) is 10.0 Å². The van der Waals surface area contributed by atoms with Gasteiger partial charge in [-0.05, 0) is 46.4 Å². The van der Waals surface area contributed by atoms with Gasteiger partial charge in [0.1, 0.15) is 4.47 Å². The predicted octanol–water partition coefficient (Wildman–Crippen LogP) is 4.23. The molecule has 0 saturated carbocycles. The fourth-order valence-corrected chi connectivity index (χ4v) is 4.74. The molecule has 0 unspecified atom stereocenters. The molecule has 7 nitrogen and oxygen atoms in total. The van der Waals surface area contributed by atoms with Gasteiger partial charge >= 0.3 is 6.03 Å². The second kappa shape index (κ2) is 6.98. The van der Waals surface area contributed by atoms with Crippen molar-refractivity contribution in [3.63, 3.8) is 0 Å². The highest BCUT2D eigenvalue weighted by atomic mass is 79.9. The molecule has 10 heteroatoms. The summed E-state index contributed by atoms with van der Waals surface area (Å²) in [5.74, 6) is -0.211. The number of rotatable bonds is 4. The van der Waals surface area contributed by atoms with Crippen molar-refractivity contribution in [2.45, 2.75) is 11.8 Å². The van der Waals surface area contributed by atoms with Crippen LogP contribution in [0.15, 0.2) is 61.0 Å². The van der Waals surface area contributed by atoms with E-state index < -0.39 is 16.1 Å². The number of nitrogens with zero attached hydrogens (tertiary/aromatic N) is 2. The largest absolute Gasteiger partial charge is 0.343 e. The second-order valence-corrected chi connectivity index (χ2v) is 8.27. The van der Waals surface area contributed by atoms with Crippen LogP contribution in [0.5, 0.6) is 0 Å². The van der Waals surface area contributed by atoms with Crippen molar-refractivity contribution in [2.75, 3.05) is 9.62 Å². The molecule has 25 heavy (non-hydrogen) atoms. The van der Waals surface area contributed by atoms with Gasteiger partial charge < -0.3 is 9.84 Å². The van der Waals surface area contributed by atoms with Crippen molar-refractivity contribution >= 4 is 54.9 Å². The van der Waals surface area contributed by atoms with Crippen LogP contribution >= 0.6 is 27.3 Å².